The van der Waals surface area contributed by atoms with Crippen molar-refractivity contribution in [2.75, 3.05) is 18.0 Å². The number of anilines is 1. The molecule has 1 N–H and O–H groups in total. The van der Waals surface area contributed by atoms with E-state index in [0.717, 1.165) is 15.4 Å². The van der Waals surface area contributed by atoms with E-state index in [9.17, 15) is 18.0 Å². The first kappa shape index (κ1) is 29.7. The summed E-state index contributed by atoms with van der Waals surface area (Å²) < 4.78 is 34.2. The number of amides is 2. The highest BCUT2D eigenvalue weighted by molar-refractivity contribution is 7.92. The summed E-state index contributed by atoms with van der Waals surface area (Å²) in [4.78, 5) is 28.5. The number of methoxy groups -OCH3 is 1. The summed E-state index contributed by atoms with van der Waals surface area (Å²) in [5, 5.41) is 2.92. The van der Waals surface area contributed by atoms with Crippen molar-refractivity contribution in [2.24, 2.45) is 0 Å². The normalized spacial score (nSPS) is 12.4. The minimum Gasteiger partial charge on any atom is -0.497 e. The van der Waals surface area contributed by atoms with E-state index in [1.54, 1.807) is 43.3 Å². The third kappa shape index (κ3) is 7.83. The van der Waals surface area contributed by atoms with Crippen molar-refractivity contribution in [3.63, 3.8) is 0 Å². The number of benzene rings is 3. The predicted octanol–water partition coefficient (Wildman–Crippen LogP) is 4.53. The Kier molecular flexibility index (Phi) is 9.40. The number of carbonyl (C=O) groups excluding carboxylic acids is 2. The Balaban J connectivity index is 2.04. The SMILES string of the molecule is COc1cccc(N(CC(=O)N(Cc2ccccc2)[C@H](C)C(=O)NC(C)(C)C)S(=O)(=O)c2ccc(C)cc2)c1. The zero-order valence-electron chi connectivity index (χ0n) is 23.3. The zero-order chi connectivity index (χ0) is 28.8. The molecule has 39 heavy (non-hydrogen) atoms. The Morgan fingerprint density at radius 3 is 2.18 bits per heavy atom. The third-order valence-corrected chi connectivity index (χ3v) is 7.88. The molecule has 208 valence electrons. The molecule has 8 nitrogen and oxygen atoms in total. The van der Waals surface area contributed by atoms with Crippen LogP contribution in [0.3, 0.4) is 0 Å². The van der Waals surface area contributed by atoms with Gasteiger partial charge in [-0.1, -0.05) is 54.1 Å². The summed E-state index contributed by atoms with van der Waals surface area (Å²) in [5.41, 5.74) is 1.49. The van der Waals surface area contributed by atoms with Gasteiger partial charge in [-0.3, -0.25) is 13.9 Å². The van der Waals surface area contributed by atoms with Gasteiger partial charge in [-0.05, 0) is 64.4 Å². The van der Waals surface area contributed by atoms with Crippen LogP contribution in [0.5, 0.6) is 5.75 Å². The Morgan fingerprint density at radius 1 is 0.949 bits per heavy atom. The zero-order valence-corrected chi connectivity index (χ0v) is 24.2. The van der Waals surface area contributed by atoms with Crippen LogP contribution in [-0.2, 0) is 26.2 Å². The van der Waals surface area contributed by atoms with Crippen molar-refractivity contribution >= 4 is 27.5 Å². The number of ether oxygens (including phenoxy) is 1. The average Bonchev–Trinajstić information content (AvgIpc) is 2.89. The molecule has 0 aliphatic rings. The van der Waals surface area contributed by atoms with Crippen molar-refractivity contribution in [1.29, 1.82) is 0 Å². The minimum absolute atomic E-state index is 0.0526. The van der Waals surface area contributed by atoms with Gasteiger partial charge in [-0.2, -0.15) is 0 Å². The van der Waals surface area contributed by atoms with Gasteiger partial charge in [0.15, 0.2) is 0 Å². The second-order valence-corrected chi connectivity index (χ2v) is 12.3. The van der Waals surface area contributed by atoms with Gasteiger partial charge in [-0.25, -0.2) is 8.42 Å². The third-order valence-electron chi connectivity index (χ3n) is 6.09. The van der Waals surface area contributed by atoms with Crippen molar-refractivity contribution in [2.45, 2.75) is 57.6 Å². The fourth-order valence-electron chi connectivity index (χ4n) is 3.97. The van der Waals surface area contributed by atoms with Crippen LogP contribution in [0.1, 0.15) is 38.8 Å². The Hall–Kier alpha value is -3.85. The van der Waals surface area contributed by atoms with Crippen LogP contribution < -0.4 is 14.4 Å². The number of nitrogens with one attached hydrogen (secondary N) is 1. The number of nitrogens with zero attached hydrogens (tertiary/aromatic N) is 2. The molecule has 0 saturated heterocycles. The monoisotopic (exact) mass is 551 g/mol. The van der Waals surface area contributed by atoms with Crippen molar-refractivity contribution in [3.8, 4) is 5.75 Å². The Labute approximate surface area is 231 Å². The molecular weight excluding hydrogens is 514 g/mol. The van der Waals surface area contributed by atoms with Crippen LogP contribution in [-0.4, -0.2) is 50.4 Å². The van der Waals surface area contributed by atoms with E-state index < -0.39 is 34.1 Å². The number of sulfonamides is 1. The lowest BCUT2D eigenvalue weighted by atomic mass is 10.1. The van der Waals surface area contributed by atoms with E-state index in [-0.39, 0.29) is 23.0 Å². The summed E-state index contributed by atoms with van der Waals surface area (Å²) in [5.74, 6) is -0.404. The Morgan fingerprint density at radius 2 is 1.59 bits per heavy atom. The summed E-state index contributed by atoms with van der Waals surface area (Å²) in [6, 6.07) is 21.4. The molecule has 9 heteroatoms. The molecule has 0 spiro atoms. The van der Waals surface area contributed by atoms with Gasteiger partial charge in [0.05, 0.1) is 17.7 Å². The first-order chi connectivity index (χ1) is 18.3. The minimum atomic E-state index is -4.14. The highest BCUT2D eigenvalue weighted by Crippen LogP contribution is 2.28. The highest BCUT2D eigenvalue weighted by atomic mass is 32.2. The van der Waals surface area contributed by atoms with Crippen LogP contribution >= 0.6 is 0 Å². The number of hydrogen-bond acceptors (Lipinski definition) is 5. The molecule has 0 aliphatic heterocycles. The lowest BCUT2D eigenvalue weighted by Gasteiger charge is -2.33. The first-order valence-corrected chi connectivity index (χ1v) is 14.1. The highest BCUT2D eigenvalue weighted by Gasteiger charge is 2.33. The molecule has 0 unspecified atom stereocenters. The van der Waals surface area contributed by atoms with Gasteiger partial charge in [0.2, 0.25) is 11.8 Å². The van der Waals surface area contributed by atoms with Crippen LogP contribution in [0.2, 0.25) is 0 Å². The van der Waals surface area contributed by atoms with Gasteiger partial charge in [0.1, 0.15) is 18.3 Å². The van der Waals surface area contributed by atoms with E-state index in [1.807, 2.05) is 58.0 Å². The lowest BCUT2D eigenvalue weighted by Crippen LogP contribution is -2.54. The number of carbonyl (C=O) groups is 2. The molecule has 1 atom stereocenters. The Bertz CT molecular complexity index is 1380. The van der Waals surface area contributed by atoms with Crippen LogP contribution in [0.4, 0.5) is 5.69 Å². The van der Waals surface area contributed by atoms with Crippen LogP contribution in [0, 0.1) is 6.92 Å². The summed E-state index contributed by atoms with van der Waals surface area (Å²) in [6.45, 7) is 8.72. The van der Waals surface area contributed by atoms with E-state index in [0.29, 0.717) is 5.75 Å². The van der Waals surface area contributed by atoms with E-state index in [4.69, 9.17) is 4.74 Å². The summed E-state index contributed by atoms with van der Waals surface area (Å²) >= 11 is 0. The quantitative estimate of drug-likeness (QED) is 0.399. The first-order valence-electron chi connectivity index (χ1n) is 12.7. The maximum Gasteiger partial charge on any atom is 0.264 e. The largest absolute Gasteiger partial charge is 0.497 e. The second kappa shape index (κ2) is 12.3. The smallest absolute Gasteiger partial charge is 0.264 e. The van der Waals surface area contributed by atoms with Gasteiger partial charge in [0, 0.05) is 18.2 Å². The standard InChI is InChI=1S/C30H37N3O5S/c1-22-15-17-27(18-16-22)39(36,37)33(25-13-10-14-26(19-25)38-6)21-28(34)32(20-24-11-8-7-9-12-24)23(2)29(35)31-30(3,4)5/h7-19,23H,20-21H2,1-6H3,(H,31,35)/t23-/m1/s1. The molecule has 3 aromatic carbocycles. The maximum atomic E-state index is 13.9. The van der Waals surface area contributed by atoms with E-state index in [1.165, 1.54) is 24.1 Å². The summed E-state index contributed by atoms with van der Waals surface area (Å²) in [7, 11) is -2.66. The molecule has 2 amide bonds. The van der Waals surface area contributed by atoms with Crippen molar-refractivity contribution in [1.82, 2.24) is 10.2 Å². The van der Waals surface area contributed by atoms with E-state index >= 15 is 0 Å². The van der Waals surface area contributed by atoms with E-state index in [2.05, 4.69) is 5.32 Å². The second-order valence-electron chi connectivity index (χ2n) is 10.4. The van der Waals surface area contributed by atoms with Crippen LogP contribution in [0.25, 0.3) is 0 Å². The summed E-state index contributed by atoms with van der Waals surface area (Å²) in [6.07, 6.45) is 0. The molecule has 0 fully saturated rings. The number of hydrogen-bond donors (Lipinski definition) is 1. The lowest BCUT2D eigenvalue weighted by molar-refractivity contribution is -0.140. The molecule has 0 aliphatic carbocycles. The average molecular weight is 552 g/mol. The molecule has 3 rings (SSSR count). The molecule has 0 saturated carbocycles. The number of rotatable bonds is 10. The maximum absolute atomic E-state index is 13.9. The number of aryl methyl sites for hydroxylation is 1. The molecule has 3 aromatic rings. The van der Waals surface area contributed by atoms with Gasteiger partial charge < -0.3 is 15.0 Å². The predicted molar refractivity (Wildman–Crippen MR) is 153 cm³/mol. The van der Waals surface area contributed by atoms with Crippen LogP contribution in [0.15, 0.2) is 83.8 Å². The molecule has 0 aromatic heterocycles. The van der Waals surface area contributed by atoms with Crippen molar-refractivity contribution in [3.05, 3.63) is 90.0 Å². The van der Waals surface area contributed by atoms with Gasteiger partial charge in [-0.15, -0.1) is 0 Å². The molecule has 0 heterocycles. The fraction of sp³-hybridized carbons (Fsp3) is 0.333. The van der Waals surface area contributed by atoms with Gasteiger partial charge in [0.25, 0.3) is 10.0 Å². The molecule has 0 bridgehead atoms. The fourth-order valence-corrected chi connectivity index (χ4v) is 5.37. The van der Waals surface area contributed by atoms with Gasteiger partial charge >= 0.3 is 0 Å². The molecular formula is C30H37N3O5S. The molecule has 0 radical (unpaired) electrons. The topological polar surface area (TPSA) is 96.0 Å². The van der Waals surface area contributed by atoms with Crippen molar-refractivity contribution < 1.29 is 22.7 Å².